The summed E-state index contributed by atoms with van der Waals surface area (Å²) in [5, 5.41) is 0.890. The molecule has 1 aliphatic heterocycles. The molecular weight excluding hydrogens is 622 g/mol. The quantitative estimate of drug-likeness (QED) is 0.246. The number of amides is 1. The van der Waals surface area contributed by atoms with Gasteiger partial charge in [-0.15, -0.1) is 0 Å². The molecule has 2 aliphatic rings. The van der Waals surface area contributed by atoms with Gasteiger partial charge in [0.25, 0.3) is 5.91 Å². The second-order valence-corrected chi connectivity index (χ2v) is 14.4. The molecule has 0 radical (unpaired) electrons. The fourth-order valence-corrected chi connectivity index (χ4v) is 5.87. The molecule has 1 amide bonds. The molecular formula is C34H41Cl2FN2O4S. The molecule has 0 spiro atoms. The van der Waals surface area contributed by atoms with Crippen LogP contribution in [-0.4, -0.2) is 58.1 Å². The second-order valence-electron chi connectivity index (χ2n) is 11.7. The van der Waals surface area contributed by atoms with Crippen molar-refractivity contribution in [2.45, 2.75) is 70.4 Å². The van der Waals surface area contributed by atoms with Crippen LogP contribution in [0.1, 0.15) is 68.2 Å². The Labute approximate surface area is 274 Å². The first-order valence-electron chi connectivity index (χ1n) is 14.5. The minimum atomic E-state index is -0.456. The minimum Gasteiger partial charge on any atom is -0.465 e. The number of carbonyl (C=O) groups is 2. The van der Waals surface area contributed by atoms with E-state index in [9.17, 15) is 14.0 Å². The molecule has 44 heavy (non-hydrogen) atoms. The normalized spacial score (nSPS) is 18.8. The van der Waals surface area contributed by atoms with Crippen molar-refractivity contribution in [3.05, 3.63) is 99.5 Å². The number of rotatable bonds is 6. The summed E-state index contributed by atoms with van der Waals surface area (Å²) >= 11 is 13.3. The number of esters is 1. The highest BCUT2D eigenvalue weighted by Gasteiger charge is 2.45. The van der Waals surface area contributed by atoms with Gasteiger partial charge in [-0.05, 0) is 74.6 Å². The van der Waals surface area contributed by atoms with Gasteiger partial charge in [0.1, 0.15) is 11.9 Å². The third-order valence-corrected chi connectivity index (χ3v) is 8.98. The van der Waals surface area contributed by atoms with Crippen molar-refractivity contribution in [1.29, 1.82) is 0 Å². The van der Waals surface area contributed by atoms with Crippen molar-refractivity contribution in [3.63, 3.8) is 0 Å². The third-order valence-electron chi connectivity index (χ3n) is 7.05. The molecule has 3 atom stereocenters. The van der Waals surface area contributed by atoms with E-state index < -0.39 is 11.9 Å². The Morgan fingerprint density at radius 3 is 2.32 bits per heavy atom. The summed E-state index contributed by atoms with van der Waals surface area (Å²) < 4.78 is 24.4. The lowest BCUT2D eigenvalue weighted by atomic mass is 9.99. The first kappa shape index (κ1) is 35.8. The van der Waals surface area contributed by atoms with Gasteiger partial charge in [-0.3, -0.25) is 9.78 Å². The zero-order valence-electron chi connectivity index (χ0n) is 26.1. The molecule has 2 aromatic carbocycles. The first-order valence-corrected chi connectivity index (χ1v) is 16.3. The van der Waals surface area contributed by atoms with E-state index in [4.69, 9.17) is 27.9 Å². The molecule has 1 saturated heterocycles. The van der Waals surface area contributed by atoms with Gasteiger partial charge in [0, 0.05) is 33.5 Å². The Morgan fingerprint density at radius 2 is 1.82 bits per heavy atom. The third kappa shape index (κ3) is 11.1. The van der Waals surface area contributed by atoms with Gasteiger partial charge in [-0.1, -0.05) is 68.2 Å². The fraction of sp³-hybridized carbons (Fsp3) is 0.441. The molecule has 238 valence electrons. The Balaban J connectivity index is 0.000000239. The van der Waals surface area contributed by atoms with E-state index in [1.54, 1.807) is 31.2 Å². The number of aryl methyl sites for hydroxylation is 1. The largest absolute Gasteiger partial charge is 0.465 e. The molecule has 6 nitrogen and oxygen atoms in total. The van der Waals surface area contributed by atoms with Gasteiger partial charge in [0.2, 0.25) is 0 Å². The van der Waals surface area contributed by atoms with Crippen LogP contribution in [0.2, 0.25) is 10.0 Å². The molecule has 1 aromatic heterocycles. The van der Waals surface area contributed by atoms with Crippen molar-refractivity contribution in [2.24, 2.45) is 5.92 Å². The summed E-state index contributed by atoms with van der Waals surface area (Å²) in [6.07, 6.45) is 3.34. The van der Waals surface area contributed by atoms with Gasteiger partial charge in [-0.2, -0.15) is 11.8 Å². The number of pyridine rings is 1. The molecule has 0 N–H and O–H groups in total. The molecule has 5 rings (SSSR count). The summed E-state index contributed by atoms with van der Waals surface area (Å²) in [5.41, 5.74) is 2.12. The van der Waals surface area contributed by atoms with Crippen LogP contribution < -0.4 is 0 Å². The fourth-order valence-electron chi connectivity index (χ4n) is 4.50. The summed E-state index contributed by atoms with van der Waals surface area (Å²) in [5.74, 6) is 0.612. The van der Waals surface area contributed by atoms with Crippen molar-refractivity contribution < 1.29 is 23.5 Å². The average molecular weight is 664 g/mol. The zero-order chi connectivity index (χ0) is 32.4. The van der Waals surface area contributed by atoms with Crippen LogP contribution in [0, 0.1) is 18.7 Å². The van der Waals surface area contributed by atoms with Crippen LogP contribution in [0.4, 0.5) is 4.39 Å². The van der Waals surface area contributed by atoms with Gasteiger partial charge >= 0.3 is 5.97 Å². The Morgan fingerprint density at radius 1 is 1.14 bits per heavy atom. The SMILES string of the molecule is CC1OC[C@@H](c2ccc(Cl)c(F)c2)N(C(CSC(C)(C)C)C2CC2)C1=O.COC(=O)c1ccc(C)nc1.Clc1ccccc1. The second kappa shape index (κ2) is 16.6. The highest BCUT2D eigenvalue weighted by atomic mass is 35.5. The number of carbonyl (C=O) groups excluding carboxylic acids is 2. The van der Waals surface area contributed by atoms with E-state index in [1.807, 2.05) is 53.9 Å². The molecule has 2 fully saturated rings. The summed E-state index contributed by atoms with van der Waals surface area (Å²) in [6, 6.07) is 17.6. The van der Waals surface area contributed by atoms with E-state index in [1.165, 1.54) is 19.4 Å². The summed E-state index contributed by atoms with van der Waals surface area (Å²) in [7, 11) is 1.35. The van der Waals surface area contributed by atoms with Crippen LogP contribution in [-0.2, 0) is 14.3 Å². The van der Waals surface area contributed by atoms with E-state index in [0.717, 1.165) is 34.9 Å². The van der Waals surface area contributed by atoms with E-state index in [2.05, 4.69) is 30.5 Å². The number of benzene rings is 2. The van der Waals surface area contributed by atoms with Crippen molar-refractivity contribution in [1.82, 2.24) is 9.88 Å². The lowest BCUT2D eigenvalue weighted by Gasteiger charge is -2.44. The number of hydrogen-bond acceptors (Lipinski definition) is 6. The minimum absolute atomic E-state index is 0.00279. The number of hydrogen-bond donors (Lipinski definition) is 0. The number of aromatic nitrogens is 1. The van der Waals surface area contributed by atoms with Crippen molar-refractivity contribution in [2.75, 3.05) is 19.5 Å². The molecule has 10 heteroatoms. The first-order chi connectivity index (χ1) is 20.8. The highest BCUT2D eigenvalue weighted by molar-refractivity contribution is 8.00. The maximum Gasteiger partial charge on any atom is 0.339 e. The number of nitrogens with zero attached hydrogens (tertiary/aromatic N) is 2. The lowest BCUT2D eigenvalue weighted by Crippen LogP contribution is -2.54. The van der Waals surface area contributed by atoms with E-state index >= 15 is 0 Å². The molecule has 2 unspecified atom stereocenters. The van der Waals surface area contributed by atoms with Gasteiger partial charge in [0.15, 0.2) is 0 Å². The molecule has 1 saturated carbocycles. The number of ether oxygens (including phenoxy) is 2. The molecule has 0 bridgehead atoms. The van der Waals surface area contributed by atoms with E-state index in [0.29, 0.717) is 18.1 Å². The Bertz CT molecular complexity index is 1370. The lowest BCUT2D eigenvalue weighted by molar-refractivity contribution is -0.162. The van der Waals surface area contributed by atoms with Crippen LogP contribution in [0.5, 0.6) is 0 Å². The maximum atomic E-state index is 14.0. The van der Waals surface area contributed by atoms with Gasteiger partial charge in [0.05, 0.1) is 30.3 Å². The van der Waals surface area contributed by atoms with E-state index in [-0.39, 0.29) is 33.7 Å². The molecule has 2 heterocycles. The summed E-state index contributed by atoms with van der Waals surface area (Å²) in [4.78, 5) is 29.8. The maximum absolute atomic E-state index is 14.0. The average Bonchev–Trinajstić information content (AvgIpc) is 3.83. The zero-order valence-corrected chi connectivity index (χ0v) is 28.4. The Kier molecular flexibility index (Phi) is 13.5. The van der Waals surface area contributed by atoms with Crippen LogP contribution in [0.15, 0.2) is 66.9 Å². The standard InChI is InChI=1S/C20H27ClFNO2S.C8H9NO2.C6H5Cl/c1-12-19(24)23(18(13-5-6-13)11-26-20(2,3)4)17(10-25-12)14-7-8-15(21)16(22)9-14;1-6-3-4-7(5-9-6)8(10)11-2;7-6-4-2-1-3-5-6/h7-9,12-13,17-18H,5-6,10-11H2,1-4H3;3-5H,1-2H3;1-5H/t12?,17-,18?;;/m0../s1. The monoisotopic (exact) mass is 662 g/mol. The van der Waals surface area contributed by atoms with Gasteiger partial charge < -0.3 is 14.4 Å². The predicted molar refractivity (Wildman–Crippen MR) is 177 cm³/mol. The topological polar surface area (TPSA) is 68.7 Å². The van der Waals surface area contributed by atoms with Gasteiger partial charge in [-0.25, -0.2) is 9.18 Å². The number of morpholine rings is 1. The number of methoxy groups -OCH3 is 1. The van der Waals surface area contributed by atoms with Crippen LogP contribution >= 0.6 is 35.0 Å². The predicted octanol–water partition coefficient (Wildman–Crippen LogP) is 8.59. The highest BCUT2D eigenvalue weighted by Crippen LogP contribution is 2.43. The number of thioether (sulfide) groups is 1. The molecule has 3 aromatic rings. The van der Waals surface area contributed by atoms with Crippen LogP contribution in [0.3, 0.4) is 0 Å². The van der Waals surface area contributed by atoms with Crippen molar-refractivity contribution >= 4 is 46.8 Å². The number of halogens is 3. The van der Waals surface area contributed by atoms with Crippen LogP contribution in [0.25, 0.3) is 0 Å². The summed E-state index contributed by atoms with van der Waals surface area (Å²) in [6.45, 7) is 10.6. The molecule has 1 aliphatic carbocycles. The smallest absolute Gasteiger partial charge is 0.339 e. The Hall–Kier alpha value is -2.65. The van der Waals surface area contributed by atoms with Crippen molar-refractivity contribution in [3.8, 4) is 0 Å².